The molecule has 1 aliphatic rings. The number of para-hydroxylation sites is 2. The molecule has 1 aromatic heterocycles. The number of nitrogens with one attached hydrogen (secondary N) is 1. The van der Waals surface area contributed by atoms with Crippen molar-refractivity contribution in [1.82, 2.24) is 25.5 Å². The van der Waals surface area contributed by atoms with E-state index in [-0.39, 0.29) is 17.5 Å². The first-order valence-electron chi connectivity index (χ1n) is 9.70. The van der Waals surface area contributed by atoms with Crippen molar-refractivity contribution in [2.24, 2.45) is 17.0 Å². The molecule has 0 saturated carbocycles. The number of carbonyl (C=O) groups is 1. The maximum Gasteiger partial charge on any atom is 0.235 e. The number of aliphatic imine (C=N–C) groups is 2. The summed E-state index contributed by atoms with van der Waals surface area (Å²) in [5.74, 6) is -0.397. The van der Waals surface area contributed by atoms with E-state index in [1.54, 1.807) is 19.2 Å². The van der Waals surface area contributed by atoms with E-state index in [9.17, 15) is 9.18 Å². The quantitative estimate of drug-likeness (QED) is 0.616. The first-order valence-corrected chi connectivity index (χ1v) is 10.7. The van der Waals surface area contributed by atoms with E-state index in [2.05, 4.69) is 20.8 Å². The molecule has 0 aliphatic carbocycles. The summed E-state index contributed by atoms with van der Waals surface area (Å²) in [5, 5.41) is 14.7. The standard InChI is InChI=1S/C21H20FN7OS/c1-3-15-19(13-8-10-14(22)11-9-13)20(24-17-7-5-4-6-16(17)23-15)25-18(30)12-31-21-26-27-28-29(21)2/h4-11,19H,3,12H2,1-2H3,(H,24,25,30). The van der Waals surface area contributed by atoms with E-state index >= 15 is 0 Å². The van der Waals surface area contributed by atoms with E-state index in [1.807, 2.05) is 31.2 Å². The molecule has 1 aliphatic heterocycles. The highest BCUT2D eigenvalue weighted by Gasteiger charge is 2.28. The number of amides is 1. The molecule has 31 heavy (non-hydrogen) atoms. The van der Waals surface area contributed by atoms with Crippen LogP contribution in [0.4, 0.5) is 15.8 Å². The highest BCUT2D eigenvalue weighted by atomic mass is 32.2. The molecule has 1 N–H and O–H groups in total. The van der Waals surface area contributed by atoms with Gasteiger partial charge in [-0.2, -0.15) is 0 Å². The Morgan fingerprint density at radius 3 is 2.48 bits per heavy atom. The maximum absolute atomic E-state index is 13.6. The molecule has 1 amide bonds. The molecular weight excluding hydrogens is 417 g/mol. The van der Waals surface area contributed by atoms with Gasteiger partial charge in [-0.05, 0) is 46.7 Å². The fourth-order valence-electron chi connectivity index (χ4n) is 3.27. The van der Waals surface area contributed by atoms with Crippen LogP contribution < -0.4 is 5.32 Å². The van der Waals surface area contributed by atoms with E-state index in [4.69, 9.17) is 9.98 Å². The molecule has 4 rings (SSSR count). The van der Waals surface area contributed by atoms with Crippen LogP contribution in [0, 0.1) is 5.82 Å². The minimum absolute atomic E-state index is 0.115. The van der Waals surface area contributed by atoms with E-state index in [0.717, 1.165) is 17.0 Å². The highest BCUT2D eigenvalue weighted by molar-refractivity contribution is 7.99. The largest absolute Gasteiger partial charge is 0.313 e. The van der Waals surface area contributed by atoms with Crippen LogP contribution in [0.2, 0.25) is 0 Å². The van der Waals surface area contributed by atoms with E-state index < -0.39 is 5.92 Å². The number of nitrogens with zero attached hydrogens (tertiary/aromatic N) is 6. The zero-order valence-corrected chi connectivity index (χ0v) is 17.8. The fourth-order valence-corrected chi connectivity index (χ4v) is 3.92. The number of thioether (sulfide) groups is 1. The molecule has 0 fully saturated rings. The third kappa shape index (κ3) is 4.69. The molecule has 158 valence electrons. The zero-order valence-electron chi connectivity index (χ0n) is 17.0. The summed E-state index contributed by atoms with van der Waals surface area (Å²) < 4.78 is 15.1. The van der Waals surface area contributed by atoms with Gasteiger partial charge >= 0.3 is 0 Å². The Hall–Kier alpha value is -3.40. The maximum atomic E-state index is 13.6. The molecule has 10 heteroatoms. The molecule has 8 nitrogen and oxygen atoms in total. The smallest absolute Gasteiger partial charge is 0.235 e. The number of fused-ring (bicyclic) bond motifs is 1. The van der Waals surface area contributed by atoms with Crippen LogP contribution in [0.3, 0.4) is 0 Å². The molecule has 2 heterocycles. The van der Waals surface area contributed by atoms with Gasteiger partial charge in [-0.3, -0.25) is 9.79 Å². The number of benzene rings is 2. The van der Waals surface area contributed by atoms with Gasteiger partial charge in [-0.25, -0.2) is 14.1 Å². The number of carbonyl (C=O) groups excluding carboxylic acids is 1. The van der Waals surface area contributed by atoms with Crippen LogP contribution in [0.15, 0.2) is 63.7 Å². The topological polar surface area (TPSA) is 97.4 Å². The Kier molecular flexibility index (Phi) is 6.17. The molecular formula is C21H20FN7OS. The van der Waals surface area contributed by atoms with Crippen molar-refractivity contribution >= 4 is 40.6 Å². The first kappa shape index (κ1) is 20.9. The van der Waals surface area contributed by atoms with Gasteiger partial charge in [0.05, 0.1) is 23.0 Å². The van der Waals surface area contributed by atoms with Gasteiger partial charge in [-0.1, -0.05) is 43.0 Å². The van der Waals surface area contributed by atoms with Crippen molar-refractivity contribution in [3.63, 3.8) is 0 Å². The number of hydrogen-bond acceptors (Lipinski definition) is 7. The van der Waals surface area contributed by atoms with Gasteiger partial charge in [0.2, 0.25) is 11.1 Å². The van der Waals surface area contributed by atoms with Crippen molar-refractivity contribution in [2.75, 3.05) is 5.75 Å². The van der Waals surface area contributed by atoms with Gasteiger partial charge in [0, 0.05) is 12.8 Å². The summed E-state index contributed by atoms with van der Waals surface area (Å²) in [7, 11) is 1.71. The second kappa shape index (κ2) is 9.17. The number of halogens is 1. The number of rotatable bonds is 5. The van der Waals surface area contributed by atoms with Gasteiger partial charge in [-0.15, -0.1) is 5.10 Å². The van der Waals surface area contributed by atoms with Crippen molar-refractivity contribution in [3.8, 4) is 0 Å². The lowest BCUT2D eigenvalue weighted by Gasteiger charge is -2.20. The Bertz CT molecular complexity index is 1160. The summed E-state index contributed by atoms with van der Waals surface area (Å²) in [6.45, 7) is 2.00. The molecule has 1 unspecified atom stereocenters. The summed E-state index contributed by atoms with van der Waals surface area (Å²) in [6, 6.07) is 13.7. The Labute approximate surface area is 182 Å². The van der Waals surface area contributed by atoms with Gasteiger partial charge in [0.15, 0.2) is 0 Å². The first-order chi connectivity index (χ1) is 15.0. The van der Waals surface area contributed by atoms with Crippen LogP contribution in [0.5, 0.6) is 0 Å². The van der Waals surface area contributed by atoms with Crippen molar-refractivity contribution in [3.05, 3.63) is 59.9 Å². The number of aryl methyl sites for hydroxylation is 1. The van der Waals surface area contributed by atoms with Crippen LogP contribution >= 0.6 is 11.8 Å². The van der Waals surface area contributed by atoms with Gasteiger partial charge in [0.25, 0.3) is 0 Å². The Morgan fingerprint density at radius 2 is 1.84 bits per heavy atom. The number of tetrazole rings is 1. The third-order valence-electron chi connectivity index (χ3n) is 4.74. The summed E-state index contributed by atoms with van der Waals surface area (Å²) >= 11 is 1.23. The lowest BCUT2D eigenvalue weighted by atomic mass is 9.91. The molecule has 0 radical (unpaired) electrons. The van der Waals surface area contributed by atoms with Crippen LogP contribution in [-0.2, 0) is 11.8 Å². The minimum Gasteiger partial charge on any atom is -0.313 e. The summed E-state index contributed by atoms with van der Waals surface area (Å²) in [4.78, 5) is 22.3. The molecule has 0 spiro atoms. The van der Waals surface area contributed by atoms with Crippen LogP contribution in [0.1, 0.15) is 24.8 Å². The fraction of sp³-hybridized carbons (Fsp3) is 0.238. The molecule has 0 saturated heterocycles. The predicted octanol–water partition coefficient (Wildman–Crippen LogP) is 3.57. The van der Waals surface area contributed by atoms with Crippen LogP contribution in [-0.4, -0.2) is 43.4 Å². The third-order valence-corrected chi connectivity index (χ3v) is 5.75. The second-order valence-corrected chi connectivity index (χ2v) is 7.79. The number of hydrogen-bond donors (Lipinski definition) is 1. The molecule has 2 aromatic carbocycles. The predicted molar refractivity (Wildman–Crippen MR) is 118 cm³/mol. The lowest BCUT2D eigenvalue weighted by Crippen LogP contribution is -2.38. The lowest BCUT2D eigenvalue weighted by molar-refractivity contribution is -0.117. The van der Waals surface area contributed by atoms with Crippen molar-refractivity contribution in [1.29, 1.82) is 0 Å². The number of amidine groups is 1. The molecule has 3 aromatic rings. The second-order valence-electron chi connectivity index (χ2n) is 6.85. The monoisotopic (exact) mass is 437 g/mol. The number of aromatic nitrogens is 4. The average Bonchev–Trinajstić information content (AvgIpc) is 3.11. The Balaban J connectivity index is 1.67. The molecule has 0 bridgehead atoms. The van der Waals surface area contributed by atoms with Crippen molar-refractivity contribution < 1.29 is 9.18 Å². The average molecular weight is 438 g/mol. The minimum atomic E-state index is -0.400. The normalized spacial score (nSPS) is 15.5. The summed E-state index contributed by atoms with van der Waals surface area (Å²) in [6.07, 6.45) is 0.643. The van der Waals surface area contributed by atoms with Gasteiger partial charge < -0.3 is 5.32 Å². The summed E-state index contributed by atoms with van der Waals surface area (Å²) in [5.41, 5.74) is 3.04. The highest BCUT2D eigenvalue weighted by Crippen LogP contribution is 2.35. The molecule has 1 atom stereocenters. The van der Waals surface area contributed by atoms with Crippen molar-refractivity contribution in [2.45, 2.75) is 24.4 Å². The van der Waals surface area contributed by atoms with E-state index in [0.29, 0.717) is 23.1 Å². The van der Waals surface area contributed by atoms with Gasteiger partial charge in [0.1, 0.15) is 11.7 Å². The van der Waals surface area contributed by atoms with E-state index in [1.165, 1.54) is 28.6 Å². The Morgan fingerprint density at radius 1 is 1.13 bits per heavy atom. The SMILES string of the molecule is CCC1=Nc2ccccc2N=C(NC(=O)CSc2nnnn2C)C1c1ccc(F)cc1. The van der Waals surface area contributed by atoms with Crippen LogP contribution in [0.25, 0.3) is 0 Å². The zero-order chi connectivity index (χ0) is 21.8.